The van der Waals surface area contributed by atoms with E-state index in [0.29, 0.717) is 0 Å². The Morgan fingerprint density at radius 3 is 1.64 bits per heavy atom. The van der Waals surface area contributed by atoms with Gasteiger partial charge in [-0.2, -0.15) is 0 Å². The molecular weight excluding hydrogens is 372 g/mol. The van der Waals surface area contributed by atoms with Gasteiger partial charge < -0.3 is 23.7 Å². The van der Waals surface area contributed by atoms with Crippen molar-refractivity contribution >= 4 is 23.9 Å². The molecule has 28 heavy (non-hydrogen) atoms. The summed E-state index contributed by atoms with van der Waals surface area (Å²) in [4.78, 5) is 47.9. The summed E-state index contributed by atoms with van der Waals surface area (Å²) in [6.45, 7) is 9.48. The van der Waals surface area contributed by atoms with Crippen LogP contribution in [0.5, 0.6) is 0 Å². The summed E-state index contributed by atoms with van der Waals surface area (Å²) in [5.74, 6) is -2.32. The monoisotopic (exact) mass is 402 g/mol. The van der Waals surface area contributed by atoms with E-state index in [4.69, 9.17) is 23.7 Å². The second kappa shape index (κ2) is 10.4. The fraction of sp³-hybridized carbons (Fsp3) is 0.789. The van der Waals surface area contributed by atoms with Crippen molar-refractivity contribution in [1.29, 1.82) is 0 Å². The van der Waals surface area contributed by atoms with Crippen molar-refractivity contribution in [2.24, 2.45) is 0 Å². The molecule has 0 amide bonds. The molecule has 1 unspecified atom stereocenters. The second-order valence-electron chi connectivity index (χ2n) is 6.59. The first kappa shape index (κ1) is 23.9. The molecule has 0 aromatic carbocycles. The first-order chi connectivity index (χ1) is 13.1. The van der Waals surface area contributed by atoms with Gasteiger partial charge in [-0.25, -0.2) is 0 Å². The third kappa shape index (κ3) is 5.67. The molecule has 9 nitrogen and oxygen atoms in total. The topological polar surface area (TPSA) is 114 Å². The van der Waals surface area contributed by atoms with E-state index in [9.17, 15) is 19.2 Å². The van der Waals surface area contributed by atoms with Crippen LogP contribution < -0.4 is 0 Å². The average molecular weight is 402 g/mol. The van der Waals surface area contributed by atoms with Crippen LogP contribution in [-0.2, 0) is 42.9 Å². The molecule has 1 saturated heterocycles. The van der Waals surface area contributed by atoms with Crippen molar-refractivity contribution in [3.8, 4) is 0 Å². The van der Waals surface area contributed by atoms with Crippen molar-refractivity contribution in [3.63, 3.8) is 0 Å². The lowest BCUT2D eigenvalue weighted by molar-refractivity contribution is -0.320. The van der Waals surface area contributed by atoms with E-state index in [1.165, 1.54) is 6.92 Å². The molecule has 0 aromatic heterocycles. The maximum Gasteiger partial charge on any atom is 0.307 e. The quantitative estimate of drug-likeness (QED) is 0.444. The first-order valence-electron chi connectivity index (χ1n) is 9.58. The van der Waals surface area contributed by atoms with Gasteiger partial charge in [0.2, 0.25) is 12.4 Å². The smallest absolute Gasteiger partial charge is 0.307 e. The maximum atomic E-state index is 12.1. The number of ether oxygens (including phenoxy) is 5. The number of hydrogen-bond donors (Lipinski definition) is 0. The molecule has 0 aliphatic carbocycles. The van der Waals surface area contributed by atoms with Crippen molar-refractivity contribution in [2.75, 3.05) is 0 Å². The Labute approximate surface area is 165 Å². The number of carbonyl (C=O) groups is 4. The minimum absolute atomic E-state index is 0.0394. The summed E-state index contributed by atoms with van der Waals surface area (Å²) < 4.78 is 27.5. The van der Waals surface area contributed by atoms with Crippen LogP contribution >= 0.6 is 0 Å². The van der Waals surface area contributed by atoms with E-state index in [-0.39, 0.29) is 25.7 Å². The van der Waals surface area contributed by atoms with Crippen LogP contribution in [0.25, 0.3) is 0 Å². The summed E-state index contributed by atoms with van der Waals surface area (Å²) in [5.41, 5.74) is -1.61. The van der Waals surface area contributed by atoms with Crippen LogP contribution in [0.4, 0.5) is 0 Å². The zero-order valence-corrected chi connectivity index (χ0v) is 17.3. The molecule has 0 radical (unpaired) electrons. The molecule has 1 heterocycles. The third-order valence-electron chi connectivity index (χ3n) is 4.41. The largest absolute Gasteiger partial charge is 0.455 e. The van der Waals surface area contributed by atoms with Gasteiger partial charge in [-0.15, -0.1) is 0 Å². The molecule has 0 N–H and O–H groups in total. The number of rotatable bonds is 8. The number of hydrogen-bond acceptors (Lipinski definition) is 9. The van der Waals surface area contributed by atoms with Crippen molar-refractivity contribution < 1.29 is 42.9 Å². The Balaban J connectivity index is 3.39. The zero-order chi connectivity index (χ0) is 21.5. The van der Waals surface area contributed by atoms with E-state index in [0.717, 1.165) is 0 Å². The normalized spacial score (nSPS) is 29.5. The summed E-state index contributed by atoms with van der Waals surface area (Å²) in [5, 5.41) is 0. The van der Waals surface area contributed by atoms with E-state index >= 15 is 0 Å². The second-order valence-corrected chi connectivity index (χ2v) is 6.59. The lowest BCUT2D eigenvalue weighted by Crippen LogP contribution is -2.68. The average Bonchev–Trinajstić information content (AvgIpc) is 2.67. The molecule has 5 atom stereocenters. The number of esters is 4. The molecule has 1 aliphatic rings. The molecule has 0 bridgehead atoms. The highest BCUT2D eigenvalue weighted by Crippen LogP contribution is 2.38. The molecular formula is C19H30O9. The van der Waals surface area contributed by atoms with Crippen LogP contribution in [0.2, 0.25) is 0 Å². The highest BCUT2D eigenvalue weighted by Gasteiger charge is 2.60. The van der Waals surface area contributed by atoms with Crippen LogP contribution in [0, 0.1) is 0 Å². The molecule has 160 valence electrons. The van der Waals surface area contributed by atoms with E-state index < -0.39 is 54.1 Å². The van der Waals surface area contributed by atoms with Gasteiger partial charge in [0.25, 0.3) is 0 Å². The molecule has 0 spiro atoms. The Kier molecular flexibility index (Phi) is 8.87. The van der Waals surface area contributed by atoms with Gasteiger partial charge in [0.15, 0.2) is 11.7 Å². The fourth-order valence-electron chi connectivity index (χ4n) is 2.82. The highest BCUT2D eigenvalue weighted by atomic mass is 16.7. The maximum absolute atomic E-state index is 12.1. The van der Waals surface area contributed by atoms with Gasteiger partial charge >= 0.3 is 23.9 Å². The Morgan fingerprint density at radius 2 is 1.18 bits per heavy atom. The van der Waals surface area contributed by atoms with Gasteiger partial charge in [-0.05, 0) is 13.8 Å². The lowest BCUT2D eigenvalue weighted by atomic mass is 9.85. The minimum Gasteiger partial charge on any atom is -0.455 e. The zero-order valence-electron chi connectivity index (χ0n) is 17.3. The molecule has 0 aromatic rings. The van der Waals surface area contributed by atoms with Crippen molar-refractivity contribution in [1.82, 2.24) is 0 Å². The minimum atomic E-state index is -1.61. The molecule has 1 rings (SSSR count). The van der Waals surface area contributed by atoms with E-state index in [1.54, 1.807) is 34.6 Å². The molecule has 9 heteroatoms. The fourth-order valence-corrected chi connectivity index (χ4v) is 2.82. The molecule has 1 aliphatic heterocycles. The highest BCUT2D eigenvalue weighted by molar-refractivity contribution is 5.72. The van der Waals surface area contributed by atoms with Crippen LogP contribution in [0.3, 0.4) is 0 Å². The van der Waals surface area contributed by atoms with Crippen molar-refractivity contribution in [3.05, 3.63) is 0 Å². The van der Waals surface area contributed by atoms with E-state index in [1.807, 2.05) is 0 Å². The first-order valence-corrected chi connectivity index (χ1v) is 9.58. The summed E-state index contributed by atoms with van der Waals surface area (Å²) in [7, 11) is 0. The predicted octanol–water partition coefficient (Wildman–Crippen LogP) is 2.04. The summed E-state index contributed by atoms with van der Waals surface area (Å²) >= 11 is 0. The van der Waals surface area contributed by atoms with E-state index in [2.05, 4.69) is 0 Å². The standard InChI is InChI=1S/C19H30O9/c1-7-12(20)25-16-11(5)24-18(27-14(22)9-3)17(26-13(21)8-2)19(16,6)28-15(23)10-4/h11,16-18H,7-10H2,1-6H3/t11-,16+,17+,18?,19-/m0/s1. The summed E-state index contributed by atoms with van der Waals surface area (Å²) in [6, 6.07) is 0. The van der Waals surface area contributed by atoms with Crippen LogP contribution in [-0.4, -0.2) is 54.1 Å². The lowest BCUT2D eigenvalue weighted by Gasteiger charge is -2.49. The summed E-state index contributed by atoms with van der Waals surface area (Å²) in [6.07, 6.45) is -4.24. The Bertz CT molecular complexity index is 588. The SMILES string of the molecule is CCC(=O)OC1O[C@@H](C)[C@@H](OC(=O)CC)[C@](C)(OC(=O)CC)[C@@H]1OC(=O)CC. The number of carbonyl (C=O) groups excluding carboxylic acids is 4. The van der Waals surface area contributed by atoms with Gasteiger partial charge in [-0.1, -0.05) is 27.7 Å². The van der Waals surface area contributed by atoms with Crippen LogP contribution in [0.15, 0.2) is 0 Å². The van der Waals surface area contributed by atoms with Gasteiger partial charge in [-0.3, -0.25) is 19.2 Å². The van der Waals surface area contributed by atoms with Gasteiger partial charge in [0.1, 0.15) is 6.10 Å². The van der Waals surface area contributed by atoms with Crippen LogP contribution in [0.1, 0.15) is 67.2 Å². The predicted molar refractivity (Wildman–Crippen MR) is 95.8 cm³/mol. The van der Waals surface area contributed by atoms with Gasteiger partial charge in [0, 0.05) is 25.7 Å². The van der Waals surface area contributed by atoms with Gasteiger partial charge in [0.05, 0.1) is 0 Å². The third-order valence-corrected chi connectivity index (χ3v) is 4.41. The van der Waals surface area contributed by atoms with Crippen molar-refractivity contribution in [2.45, 2.75) is 97.4 Å². The Hall–Kier alpha value is -2.16. The molecule has 1 fully saturated rings. The Morgan fingerprint density at radius 1 is 0.750 bits per heavy atom. The molecule has 0 saturated carbocycles.